The van der Waals surface area contributed by atoms with Crippen LogP contribution >= 0.6 is 0 Å². The molecular formula is C18H26N2O2. The van der Waals surface area contributed by atoms with Crippen LogP contribution in [0.3, 0.4) is 0 Å². The molecule has 120 valence electrons. The topological polar surface area (TPSA) is 32.8 Å². The molecule has 1 aromatic rings. The zero-order chi connectivity index (χ0) is 15.5. The lowest BCUT2D eigenvalue weighted by molar-refractivity contribution is -0.137. The number of nitrogens with zero attached hydrogens (tertiary/aromatic N) is 2. The van der Waals surface area contributed by atoms with Crippen molar-refractivity contribution in [1.29, 1.82) is 0 Å². The first-order valence-corrected chi connectivity index (χ1v) is 8.37. The number of fused-ring (bicyclic) bond motifs is 1. The van der Waals surface area contributed by atoms with Gasteiger partial charge in [-0.3, -0.25) is 4.79 Å². The zero-order valence-corrected chi connectivity index (χ0v) is 13.7. The predicted octanol–water partition coefficient (Wildman–Crippen LogP) is 3.05. The van der Waals surface area contributed by atoms with Crippen LogP contribution in [0.25, 0.3) is 0 Å². The number of ether oxygens (including phenoxy) is 1. The van der Waals surface area contributed by atoms with E-state index in [1.165, 1.54) is 19.3 Å². The fourth-order valence-corrected chi connectivity index (χ4v) is 3.45. The van der Waals surface area contributed by atoms with Crippen LogP contribution in [0, 0.1) is 5.92 Å². The zero-order valence-electron chi connectivity index (χ0n) is 13.7. The minimum atomic E-state index is 0.229. The van der Waals surface area contributed by atoms with E-state index in [1.54, 1.807) is 0 Å². The van der Waals surface area contributed by atoms with Crippen LogP contribution < -0.4 is 9.64 Å². The molecule has 1 aliphatic carbocycles. The predicted molar refractivity (Wildman–Crippen MR) is 88.3 cm³/mol. The summed E-state index contributed by atoms with van der Waals surface area (Å²) >= 11 is 0. The highest BCUT2D eigenvalue weighted by molar-refractivity contribution is 5.79. The maximum absolute atomic E-state index is 12.8. The summed E-state index contributed by atoms with van der Waals surface area (Å²) in [5.74, 6) is 1.48. The summed E-state index contributed by atoms with van der Waals surface area (Å²) in [6.45, 7) is 1.96. The standard InChI is InChI=1S/C18H26N2O2/c1-19(2)16-8-9-17-15(12-16)13-20(10-11-22-17)18(21)14-6-4-3-5-7-14/h8-9,12,14H,3-7,10-11,13H2,1-2H3. The second kappa shape index (κ2) is 6.59. The summed E-state index contributed by atoms with van der Waals surface area (Å²) < 4.78 is 5.84. The van der Waals surface area contributed by atoms with Gasteiger partial charge in [0.1, 0.15) is 12.4 Å². The number of benzene rings is 1. The van der Waals surface area contributed by atoms with Gasteiger partial charge in [0, 0.05) is 37.8 Å². The SMILES string of the molecule is CN(C)c1ccc2c(c1)CN(C(=O)C1CCCCC1)CCO2. The molecule has 3 rings (SSSR count). The van der Waals surface area contributed by atoms with Crippen LogP contribution in [0.4, 0.5) is 5.69 Å². The van der Waals surface area contributed by atoms with Crippen molar-refractivity contribution in [3.05, 3.63) is 23.8 Å². The van der Waals surface area contributed by atoms with Gasteiger partial charge in [-0.05, 0) is 31.0 Å². The molecule has 0 N–H and O–H groups in total. The van der Waals surface area contributed by atoms with Crippen LogP contribution in [0.2, 0.25) is 0 Å². The third-order valence-corrected chi connectivity index (χ3v) is 4.81. The Morgan fingerprint density at radius 3 is 2.73 bits per heavy atom. The summed E-state index contributed by atoms with van der Waals surface area (Å²) in [7, 11) is 4.06. The van der Waals surface area contributed by atoms with E-state index in [0.717, 1.165) is 29.8 Å². The molecule has 1 aromatic carbocycles. The highest BCUT2D eigenvalue weighted by Crippen LogP contribution is 2.30. The number of hydrogen-bond acceptors (Lipinski definition) is 3. The monoisotopic (exact) mass is 302 g/mol. The number of carbonyl (C=O) groups is 1. The van der Waals surface area contributed by atoms with Gasteiger partial charge in [-0.25, -0.2) is 0 Å². The van der Waals surface area contributed by atoms with Crippen LogP contribution in [0.15, 0.2) is 18.2 Å². The van der Waals surface area contributed by atoms with Gasteiger partial charge in [-0.1, -0.05) is 19.3 Å². The molecule has 1 aliphatic heterocycles. The van der Waals surface area contributed by atoms with E-state index in [1.807, 2.05) is 25.1 Å². The van der Waals surface area contributed by atoms with Crippen molar-refractivity contribution in [2.24, 2.45) is 5.92 Å². The lowest BCUT2D eigenvalue weighted by atomic mass is 9.88. The molecule has 0 radical (unpaired) electrons. The van der Waals surface area contributed by atoms with Crippen molar-refractivity contribution in [3.8, 4) is 5.75 Å². The summed E-state index contributed by atoms with van der Waals surface area (Å²) in [5.41, 5.74) is 2.27. The Morgan fingerprint density at radius 1 is 1.23 bits per heavy atom. The molecule has 0 unspecified atom stereocenters. The highest BCUT2D eigenvalue weighted by Gasteiger charge is 2.28. The molecule has 22 heavy (non-hydrogen) atoms. The second-order valence-electron chi connectivity index (χ2n) is 6.63. The van der Waals surface area contributed by atoms with Crippen LogP contribution in [0.1, 0.15) is 37.7 Å². The molecule has 0 saturated heterocycles. The number of hydrogen-bond donors (Lipinski definition) is 0. The molecule has 1 amide bonds. The minimum Gasteiger partial charge on any atom is -0.491 e. The average Bonchev–Trinajstić information content (AvgIpc) is 2.76. The van der Waals surface area contributed by atoms with E-state index < -0.39 is 0 Å². The Morgan fingerprint density at radius 2 is 2.00 bits per heavy atom. The second-order valence-corrected chi connectivity index (χ2v) is 6.63. The van der Waals surface area contributed by atoms with E-state index in [2.05, 4.69) is 17.0 Å². The number of carbonyl (C=O) groups excluding carboxylic acids is 1. The van der Waals surface area contributed by atoms with E-state index in [4.69, 9.17) is 4.74 Å². The Labute approximate surface area is 133 Å². The molecular weight excluding hydrogens is 276 g/mol. The largest absolute Gasteiger partial charge is 0.491 e. The van der Waals surface area contributed by atoms with Crippen LogP contribution in [0.5, 0.6) is 5.75 Å². The minimum absolute atomic E-state index is 0.229. The average molecular weight is 302 g/mol. The maximum Gasteiger partial charge on any atom is 0.226 e. The lowest BCUT2D eigenvalue weighted by Gasteiger charge is -2.28. The van der Waals surface area contributed by atoms with Gasteiger partial charge in [0.25, 0.3) is 0 Å². The lowest BCUT2D eigenvalue weighted by Crippen LogP contribution is -2.37. The molecule has 4 nitrogen and oxygen atoms in total. The third kappa shape index (κ3) is 3.21. The number of rotatable bonds is 2. The van der Waals surface area contributed by atoms with Crippen molar-refractivity contribution in [1.82, 2.24) is 4.90 Å². The molecule has 2 aliphatic rings. The van der Waals surface area contributed by atoms with Crippen molar-refractivity contribution < 1.29 is 9.53 Å². The third-order valence-electron chi connectivity index (χ3n) is 4.81. The van der Waals surface area contributed by atoms with E-state index in [9.17, 15) is 4.79 Å². The molecule has 0 atom stereocenters. The van der Waals surface area contributed by atoms with Crippen molar-refractivity contribution in [3.63, 3.8) is 0 Å². The molecule has 1 heterocycles. The maximum atomic E-state index is 12.8. The van der Waals surface area contributed by atoms with E-state index in [0.29, 0.717) is 25.6 Å². The van der Waals surface area contributed by atoms with E-state index >= 15 is 0 Å². The first kappa shape index (κ1) is 15.2. The molecule has 1 saturated carbocycles. The fraction of sp³-hybridized carbons (Fsp3) is 0.611. The van der Waals surface area contributed by atoms with Gasteiger partial charge < -0.3 is 14.5 Å². The molecule has 0 aromatic heterocycles. The van der Waals surface area contributed by atoms with Gasteiger partial charge in [0.2, 0.25) is 5.91 Å². The van der Waals surface area contributed by atoms with Crippen LogP contribution in [-0.4, -0.2) is 38.1 Å². The number of anilines is 1. The van der Waals surface area contributed by atoms with Crippen molar-refractivity contribution in [2.45, 2.75) is 38.6 Å². The smallest absolute Gasteiger partial charge is 0.226 e. The fourth-order valence-electron chi connectivity index (χ4n) is 3.45. The van der Waals surface area contributed by atoms with Gasteiger partial charge >= 0.3 is 0 Å². The van der Waals surface area contributed by atoms with Crippen molar-refractivity contribution >= 4 is 11.6 Å². The first-order chi connectivity index (χ1) is 10.6. The summed E-state index contributed by atoms with van der Waals surface area (Å²) in [5, 5.41) is 0. The number of amides is 1. The Kier molecular flexibility index (Phi) is 4.55. The first-order valence-electron chi connectivity index (χ1n) is 8.37. The highest BCUT2D eigenvalue weighted by atomic mass is 16.5. The summed E-state index contributed by atoms with van der Waals surface area (Å²) in [4.78, 5) is 16.9. The Bertz CT molecular complexity index is 536. The normalized spacial score (nSPS) is 19.1. The van der Waals surface area contributed by atoms with Crippen LogP contribution in [-0.2, 0) is 11.3 Å². The molecule has 1 fully saturated rings. The quantitative estimate of drug-likeness (QED) is 0.842. The molecule has 0 bridgehead atoms. The molecule has 4 heteroatoms. The van der Waals surface area contributed by atoms with Crippen molar-refractivity contribution in [2.75, 3.05) is 32.1 Å². The summed E-state index contributed by atoms with van der Waals surface area (Å²) in [6, 6.07) is 6.23. The summed E-state index contributed by atoms with van der Waals surface area (Å²) in [6.07, 6.45) is 5.79. The Hall–Kier alpha value is -1.71. The Balaban J connectivity index is 1.77. The van der Waals surface area contributed by atoms with Gasteiger partial charge in [-0.2, -0.15) is 0 Å². The molecule has 0 spiro atoms. The van der Waals surface area contributed by atoms with Gasteiger partial charge in [0.05, 0.1) is 6.54 Å². The van der Waals surface area contributed by atoms with E-state index in [-0.39, 0.29) is 5.92 Å². The van der Waals surface area contributed by atoms with Gasteiger partial charge in [0.15, 0.2) is 0 Å². The van der Waals surface area contributed by atoms with Gasteiger partial charge in [-0.15, -0.1) is 0 Å².